The van der Waals surface area contributed by atoms with Crippen LogP contribution in [0.25, 0.3) is 0 Å². The number of rotatable bonds is 1. The van der Waals surface area contributed by atoms with Crippen LogP contribution in [0.4, 0.5) is 4.79 Å². The van der Waals surface area contributed by atoms with E-state index in [1.807, 2.05) is 34.6 Å². The summed E-state index contributed by atoms with van der Waals surface area (Å²) >= 11 is 0. The Hall–Kier alpha value is -1.06. The second-order valence-electron chi connectivity index (χ2n) is 5.02. The van der Waals surface area contributed by atoms with Gasteiger partial charge in [-0.3, -0.25) is 4.79 Å². The molecule has 4 heteroatoms. The van der Waals surface area contributed by atoms with Crippen molar-refractivity contribution < 1.29 is 14.3 Å². The number of carbonyl (C=O) groups excluding carboxylic acids is 2. The minimum atomic E-state index is -0.467. The minimum Gasteiger partial charge on any atom is -0.444 e. The zero-order valence-corrected chi connectivity index (χ0v) is 11.9. The Morgan fingerprint density at radius 2 is 1.76 bits per heavy atom. The number of likely N-dealkylation sites (tertiary alicyclic amines) is 1. The number of hydrogen-bond acceptors (Lipinski definition) is 3. The van der Waals surface area contributed by atoms with Crippen LogP contribution in [0.2, 0.25) is 0 Å². The molecule has 1 fully saturated rings. The molecule has 1 aliphatic heterocycles. The maximum atomic E-state index is 11.6. The normalized spacial score (nSPS) is 19.4. The molecule has 1 aliphatic rings. The molecule has 0 aromatic heterocycles. The largest absolute Gasteiger partial charge is 0.444 e. The Morgan fingerprint density at radius 1 is 1.24 bits per heavy atom. The number of ketones is 1. The number of ether oxygens (including phenoxy) is 1. The fourth-order valence-corrected chi connectivity index (χ4v) is 1.58. The number of Topliss-reactive ketones (excluding diaryl/α,β-unsaturated/α-hetero) is 1. The standard InChI is InChI=1S/C11H19NO3.C2H6/c1-8(13)9-5-6-12(7-9)10(14)15-11(2,3)4;1-2/h9H,5-7H2,1-4H3;1-2H3/t9-;/m1./s1. The van der Waals surface area contributed by atoms with Gasteiger partial charge in [-0.1, -0.05) is 13.8 Å². The van der Waals surface area contributed by atoms with Crippen molar-refractivity contribution in [1.82, 2.24) is 4.90 Å². The van der Waals surface area contributed by atoms with E-state index in [4.69, 9.17) is 4.74 Å². The molecule has 0 aliphatic carbocycles. The third kappa shape index (κ3) is 5.71. The molecule has 17 heavy (non-hydrogen) atoms. The number of hydrogen-bond donors (Lipinski definition) is 0. The van der Waals surface area contributed by atoms with E-state index in [1.165, 1.54) is 0 Å². The van der Waals surface area contributed by atoms with Crippen LogP contribution in [0.1, 0.15) is 48.0 Å². The van der Waals surface area contributed by atoms with Crippen molar-refractivity contribution >= 4 is 11.9 Å². The second kappa shape index (κ2) is 6.62. The molecule has 1 atom stereocenters. The van der Waals surface area contributed by atoms with Crippen LogP contribution in [-0.4, -0.2) is 35.5 Å². The van der Waals surface area contributed by atoms with E-state index >= 15 is 0 Å². The molecular weight excluding hydrogens is 218 g/mol. The van der Waals surface area contributed by atoms with E-state index in [-0.39, 0.29) is 17.8 Å². The van der Waals surface area contributed by atoms with Gasteiger partial charge in [0, 0.05) is 19.0 Å². The Morgan fingerprint density at radius 3 is 2.12 bits per heavy atom. The smallest absolute Gasteiger partial charge is 0.410 e. The summed E-state index contributed by atoms with van der Waals surface area (Å²) in [5.41, 5.74) is -0.467. The summed E-state index contributed by atoms with van der Waals surface area (Å²) in [6.07, 6.45) is 0.445. The summed E-state index contributed by atoms with van der Waals surface area (Å²) in [6, 6.07) is 0. The third-order valence-electron chi connectivity index (χ3n) is 2.41. The van der Waals surface area contributed by atoms with Crippen molar-refractivity contribution in [2.75, 3.05) is 13.1 Å². The highest BCUT2D eigenvalue weighted by Gasteiger charge is 2.31. The highest BCUT2D eigenvalue weighted by Crippen LogP contribution is 2.19. The summed E-state index contributed by atoms with van der Waals surface area (Å²) in [7, 11) is 0. The van der Waals surface area contributed by atoms with E-state index in [0.717, 1.165) is 6.42 Å². The summed E-state index contributed by atoms with van der Waals surface area (Å²) < 4.78 is 5.23. The second-order valence-corrected chi connectivity index (χ2v) is 5.02. The maximum absolute atomic E-state index is 11.6. The summed E-state index contributed by atoms with van der Waals surface area (Å²) in [6.45, 7) is 12.2. The lowest BCUT2D eigenvalue weighted by Gasteiger charge is -2.24. The summed E-state index contributed by atoms with van der Waals surface area (Å²) in [4.78, 5) is 24.4. The van der Waals surface area contributed by atoms with Crippen molar-refractivity contribution in [1.29, 1.82) is 0 Å². The molecule has 0 N–H and O–H groups in total. The van der Waals surface area contributed by atoms with Crippen molar-refractivity contribution in [3.05, 3.63) is 0 Å². The lowest BCUT2D eigenvalue weighted by atomic mass is 10.1. The Labute approximate surface area is 104 Å². The van der Waals surface area contributed by atoms with Crippen LogP contribution in [0.5, 0.6) is 0 Å². The van der Waals surface area contributed by atoms with Gasteiger partial charge in [0.2, 0.25) is 0 Å². The molecule has 0 aromatic carbocycles. The molecule has 1 saturated heterocycles. The molecule has 0 radical (unpaired) electrons. The number of carbonyl (C=O) groups is 2. The first-order valence-corrected chi connectivity index (χ1v) is 6.28. The Balaban J connectivity index is 0.00000121. The topological polar surface area (TPSA) is 46.6 Å². The van der Waals surface area contributed by atoms with E-state index in [0.29, 0.717) is 13.1 Å². The molecule has 0 saturated carbocycles. The van der Waals surface area contributed by atoms with Crippen molar-refractivity contribution in [3.63, 3.8) is 0 Å². The fraction of sp³-hybridized carbons (Fsp3) is 0.846. The fourth-order valence-electron chi connectivity index (χ4n) is 1.58. The average molecular weight is 243 g/mol. The monoisotopic (exact) mass is 243 g/mol. The van der Waals surface area contributed by atoms with Crippen LogP contribution in [0.3, 0.4) is 0 Å². The number of nitrogens with zero attached hydrogens (tertiary/aromatic N) is 1. The van der Waals surface area contributed by atoms with E-state index < -0.39 is 5.60 Å². The summed E-state index contributed by atoms with van der Waals surface area (Å²) in [5.74, 6) is 0.151. The predicted octanol–water partition coefficient (Wildman–Crippen LogP) is 2.86. The van der Waals surface area contributed by atoms with Gasteiger partial charge in [0.05, 0.1) is 0 Å². The molecule has 0 bridgehead atoms. The number of amides is 1. The van der Waals surface area contributed by atoms with Gasteiger partial charge in [0.25, 0.3) is 0 Å². The molecule has 100 valence electrons. The van der Waals surface area contributed by atoms with E-state index in [2.05, 4.69) is 0 Å². The first-order valence-electron chi connectivity index (χ1n) is 6.28. The molecule has 0 spiro atoms. The maximum Gasteiger partial charge on any atom is 0.410 e. The van der Waals surface area contributed by atoms with Crippen molar-refractivity contribution in [2.24, 2.45) is 5.92 Å². The van der Waals surface area contributed by atoms with Gasteiger partial charge < -0.3 is 9.64 Å². The summed E-state index contributed by atoms with van der Waals surface area (Å²) in [5, 5.41) is 0. The predicted molar refractivity (Wildman–Crippen MR) is 67.9 cm³/mol. The van der Waals surface area contributed by atoms with Gasteiger partial charge in [0.1, 0.15) is 11.4 Å². The first-order chi connectivity index (χ1) is 7.79. The average Bonchev–Trinajstić information content (AvgIpc) is 2.67. The van der Waals surface area contributed by atoms with Gasteiger partial charge >= 0.3 is 6.09 Å². The Bertz CT molecular complexity index is 268. The lowest BCUT2D eigenvalue weighted by molar-refractivity contribution is -0.120. The zero-order valence-electron chi connectivity index (χ0n) is 11.9. The van der Waals surface area contributed by atoms with Crippen LogP contribution in [0.15, 0.2) is 0 Å². The molecular formula is C13H25NO3. The molecule has 1 rings (SSSR count). The molecule has 1 heterocycles. The van der Waals surface area contributed by atoms with Crippen molar-refractivity contribution in [2.45, 2.75) is 53.6 Å². The zero-order chi connectivity index (χ0) is 13.6. The molecule has 0 aromatic rings. The third-order valence-corrected chi connectivity index (χ3v) is 2.41. The van der Waals surface area contributed by atoms with Crippen LogP contribution in [-0.2, 0) is 9.53 Å². The highest BCUT2D eigenvalue weighted by atomic mass is 16.6. The van der Waals surface area contributed by atoms with Gasteiger partial charge in [-0.2, -0.15) is 0 Å². The Kier molecular flexibility index (Phi) is 6.21. The first kappa shape index (κ1) is 15.9. The minimum absolute atomic E-state index is 0.00230. The highest BCUT2D eigenvalue weighted by molar-refractivity contribution is 5.80. The van der Waals surface area contributed by atoms with Crippen LogP contribution in [0, 0.1) is 5.92 Å². The van der Waals surface area contributed by atoms with Gasteiger partial charge in [-0.15, -0.1) is 0 Å². The van der Waals surface area contributed by atoms with Gasteiger partial charge in [0.15, 0.2) is 0 Å². The SMILES string of the molecule is CC.CC(=O)[C@@H]1CCN(C(=O)OC(C)(C)C)C1. The molecule has 4 nitrogen and oxygen atoms in total. The molecule has 1 amide bonds. The van der Waals surface area contributed by atoms with Gasteiger partial charge in [-0.05, 0) is 34.1 Å². The lowest BCUT2D eigenvalue weighted by Crippen LogP contribution is -2.35. The van der Waals surface area contributed by atoms with Crippen molar-refractivity contribution in [3.8, 4) is 0 Å². The quantitative estimate of drug-likeness (QED) is 0.711. The van der Waals surface area contributed by atoms with Gasteiger partial charge in [-0.25, -0.2) is 4.79 Å². The van der Waals surface area contributed by atoms with E-state index in [9.17, 15) is 9.59 Å². The van der Waals surface area contributed by atoms with E-state index in [1.54, 1.807) is 11.8 Å². The van der Waals surface area contributed by atoms with Crippen LogP contribution < -0.4 is 0 Å². The molecule has 0 unspecified atom stereocenters. The van der Waals surface area contributed by atoms with Crippen LogP contribution >= 0.6 is 0 Å².